The summed E-state index contributed by atoms with van der Waals surface area (Å²) in [6, 6.07) is 13.6. The highest BCUT2D eigenvalue weighted by atomic mass is 127. The molecule has 2 aromatic carbocycles. The Morgan fingerprint density at radius 3 is 2.21 bits per heavy atom. The molecule has 1 amide bonds. The Kier molecular flexibility index (Phi) is 6.08. The first kappa shape index (κ1) is 18.1. The summed E-state index contributed by atoms with van der Waals surface area (Å²) in [5, 5.41) is 2.62. The Morgan fingerprint density at radius 2 is 1.58 bits per heavy atom. The molecule has 0 radical (unpaired) electrons. The number of hydrogen-bond donors (Lipinski definition) is 1. The molecule has 6 heteroatoms. The zero-order valence-corrected chi connectivity index (χ0v) is 15.4. The molecule has 24 heavy (non-hydrogen) atoms. The normalized spacial score (nSPS) is 11.5. The number of halogens is 1. The standard InChI is InChI=1S/C18H16INO4/c1-11(21)13-7-4-6-10-16(13)20-17(22)12(2)24-18(23)14-8-3-5-9-15(14)19/h3-10,12H,1-2H3,(H,20,22). The van der Waals surface area contributed by atoms with Crippen LogP contribution in [0.25, 0.3) is 0 Å². The lowest BCUT2D eigenvalue weighted by molar-refractivity contribution is -0.123. The van der Waals surface area contributed by atoms with Gasteiger partial charge in [0.2, 0.25) is 0 Å². The number of esters is 1. The fourth-order valence-electron chi connectivity index (χ4n) is 2.04. The predicted molar refractivity (Wildman–Crippen MR) is 99.1 cm³/mol. The molecule has 0 saturated heterocycles. The molecule has 0 aliphatic carbocycles. The van der Waals surface area contributed by atoms with E-state index in [1.807, 2.05) is 28.7 Å². The summed E-state index contributed by atoms with van der Waals surface area (Å²) >= 11 is 2.03. The summed E-state index contributed by atoms with van der Waals surface area (Å²) in [4.78, 5) is 36.0. The molecule has 0 heterocycles. The number of amides is 1. The molecule has 0 aliphatic rings. The summed E-state index contributed by atoms with van der Waals surface area (Å²) < 4.78 is 5.96. The number of benzene rings is 2. The molecule has 0 aliphatic heterocycles. The predicted octanol–water partition coefficient (Wildman–Crippen LogP) is 3.68. The quantitative estimate of drug-likeness (QED) is 0.440. The van der Waals surface area contributed by atoms with E-state index in [1.54, 1.807) is 42.5 Å². The van der Waals surface area contributed by atoms with E-state index in [2.05, 4.69) is 5.32 Å². The van der Waals surface area contributed by atoms with Crippen LogP contribution in [0.2, 0.25) is 0 Å². The second-order valence-electron chi connectivity index (χ2n) is 5.12. The fraction of sp³-hybridized carbons (Fsp3) is 0.167. The zero-order chi connectivity index (χ0) is 17.7. The van der Waals surface area contributed by atoms with Crippen molar-refractivity contribution in [3.8, 4) is 0 Å². The topological polar surface area (TPSA) is 72.5 Å². The second-order valence-corrected chi connectivity index (χ2v) is 6.28. The van der Waals surface area contributed by atoms with Crippen molar-refractivity contribution in [2.24, 2.45) is 0 Å². The van der Waals surface area contributed by atoms with Gasteiger partial charge < -0.3 is 10.1 Å². The molecular weight excluding hydrogens is 421 g/mol. The first-order valence-corrected chi connectivity index (χ1v) is 8.34. The summed E-state index contributed by atoms with van der Waals surface area (Å²) in [5.74, 6) is -1.22. The van der Waals surface area contributed by atoms with Crippen LogP contribution in [0, 0.1) is 3.57 Å². The van der Waals surface area contributed by atoms with Crippen LogP contribution in [0.4, 0.5) is 5.69 Å². The van der Waals surface area contributed by atoms with Crippen molar-refractivity contribution in [3.63, 3.8) is 0 Å². The van der Waals surface area contributed by atoms with E-state index < -0.39 is 18.0 Å². The highest BCUT2D eigenvalue weighted by molar-refractivity contribution is 14.1. The van der Waals surface area contributed by atoms with Gasteiger partial charge in [-0.05, 0) is 60.7 Å². The van der Waals surface area contributed by atoms with Gasteiger partial charge in [-0.1, -0.05) is 24.3 Å². The average Bonchev–Trinajstić information content (AvgIpc) is 2.55. The summed E-state index contributed by atoms with van der Waals surface area (Å²) in [7, 11) is 0. The van der Waals surface area contributed by atoms with Crippen LogP contribution in [0.3, 0.4) is 0 Å². The van der Waals surface area contributed by atoms with E-state index in [9.17, 15) is 14.4 Å². The third-order valence-electron chi connectivity index (χ3n) is 3.31. The third-order valence-corrected chi connectivity index (χ3v) is 4.25. The maximum absolute atomic E-state index is 12.2. The number of rotatable bonds is 5. The number of hydrogen-bond acceptors (Lipinski definition) is 4. The van der Waals surface area contributed by atoms with Crippen molar-refractivity contribution >= 4 is 45.9 Å². The summed E-state index contributed by atoms with van der Waals surface area (Å²) in [5.41, 5.74) is 1.20. The van der Waals surface area contributed by atoms with Gasteiger partial charge in [0.15, 0.2) is 11.9 Å². The average molecular weight is 437 g/mol. The minimum absolute atomic E-state index is 0.158. The van der Waals surface area contributed by atoms with Crippen molar-refractivity contribution in [3.05, 3.63) is 63.2 Å². The van der Waals surface area contributed by atoms with Gasteiger partial charge in [0.1, 0.15) is 0 Å². The number of carbonyl (C=O) groups excluding carboxylic acids is 3. The smallest absolute Gasteiger partial charge is 0.339 e. The molecular formula is C18H16INO4. The maximum Gasteiger partial charge on any atom is 0.339 e. The lowest BCUT2D eigenvalue weighted by atomic mass is 10.1. The van der Waals surface area contributed by atoms with Crippen LogP contribution in [0.5, 0.6) is 0 Å². The third kappa shape index (κ3) is 4.41. The molecule has 2 rings (SSSR count). The molecule has 0 spiro atoms. The van der Waals surface area contributed by atoms with Crippen LogP contribution in [-0.2, 0) is 9.53 Å². The van der Waals surface area contributed by atoms with Gasteiger partial charge in [-0.15, -0.1) is 0 Å². The number of Topliss-reactive ketones (excluding diaryl/α,β-unsaturated/α-hetero) is 1. The molecule has 1 N–H and O–H groups in total. The van der Waals surface area contributed by atoms with Crippen LogP contribution >= 0.6 is 22.6 Å². The summed E-state index contributed by atoms with van der Waals surface area (Å²) in [6.07, 6.45) is -0.992. The van der Waals surface area contributed by atoms with Gasteiger partial charge in [0.05, 0.1) is 11.3 Å². The minimum atomic E-state index is -0.992. The first-order valence-electron chi connectivity index (χ1n) is 7.26. The van der Waals surface area contributed by atoms with Crippen LogP contribution in [0.15, 0.2) is 48.5 Å². The SMILES string of the molecule is CC(=O)c1ccccc1NC(=O)C(C)OC(=O)c1ccccc1I. The van der Waals surface area contributed by atoms with Gasteiger partial charge in [-0.2, -0.15) is 0 Å². The Hall–Kier alpha value is -2.22. The molecule has 0 fully saturated rings. The second kappa shape index (κ2) is 8.05. The molecule has 1 unspecified atom stereocenters. The Labute approximate surface area is 153 Å². The van der Waals surface area contributed by atoms with Gasteiger partial charge in [-0.25, -0.2) is 4.79 Å². The number of ether oxygens (including phenoxy) is 1. The fourth-order valence-corrected chi connectivity index (χ4v) is 2.65. The van der Waals surface area contributed by atoms with E-state index in [0.29, 0.717) is 16.8 Å². The van der Waals surface area contributed by atoms with E-state index >= 15 is 0 Å². The lowest BCUT2D eigenvalue weighted by Gasteiger charge is -2.15. The molecule has 5 nitrogen and oxygen atoms in total. The first-order chi connectivity index (χ1) is 11.4. The number of anilines is 1. The van der Waals surface area contributed by atoms with Gasteiger partial charge in [0.25, 0.3) is 5.91 Å². The zero-order valence-electron chi connectivity index (χ0n) is 13.2. The highest BCUT2D eigenvalue weighted by Gasteiger charge is 2.21. The number of ketones is 1. The number of carbonyl (C=O) groups is 3. The largest absolute Gasteiger partial charge is 0.449 e. The van der Waals surface area contributed by atoms with Gasteiger partial charge in [0, 0.05) is 9.13 Å². The summed E-state index contributed by atoms with van der Waals surface area (Å²) in [6.45, 7) is 2.91. The molecule has 1 atom stereocenters. The van der Waals surface area contributed by atoms with E-state index in [-0.39, 0.29) is 5.78 Å². The van der Waals surface area contributed by atoms with E-state index in [4.69, 9.17) is 4.74 Å². The highest BCUT2D eigenvalue weighted by Crippen LogP contribution is 2.17. The molecule has 0 aromatic heterocycles. The van der Waals surface area contributed by atoms with Crippen LogP contribution in [-0.4, -0.2) is 23.8 Å². The Balaban J connectivity index is 2.07. The minimum Gasteiger partial charge on any atom is -0.449 e. The molecule has 0 saturated carbocycles. The van der Waals surface area contributed by atoms with Crippen molar-refractivity contribution < 1.29 is 19.1 Å². The molecule has 2 aromatic rings. The van der Waals surface area contributed by atoms with E-state index in [0.717, 1.165) is 3.57 Å². The molecule has 0 bridgehead atoms. The van der Waals surface area contributed by atoms with Crippen molar-refractivity contribution in [1.29, 1.82) is 0 Å². The Morgan fingerprint density at radius 1 is 1.00 bits per heavy atom. The number of para-hydroxylation sites is 1. The van der Waals surface area contributed by atoms with Crippen LogP contribution in [0.1, 0.15) is 34.6 Å². The van der Waals surface area contributed by atoms with Crippen molar-refractivity contribution in [1.82, 2.24) is 0 Å². The number of nitrogens with one attached hydrogen (secondary N) is 1. The monoisotopic (exact) mass is 437 g/mol. The van der Waals surface area contributed by atoms with Crippen LogP contribution < -0.4 is 5.32 Å². The van der Waals surface area contributed by atoms with Crippen molar-refractivity contribution in [2.45, 2.75) is 20.0 Å². The van der Waals surface area contributed by atoms with Gasteiger partial charge >= 0.3 is 5.97 Å². The maximum atomic E-state index is 12.2. The molecule has 124 valence electrons. The van der Waals surface area contributed by atoms with Gasteiger partial charge in [-0.3, -0.25) is 9.59 Å². The van der Waals surface area contributed by atoms with E-state index in [1.165, 1.54) is 13.8 Å². The lowest BCUT2D eigenvalue weighted by Crippen LogP contribution is -2.30. The Bertz CT molecular complexity index is 788. The van der Waals surface area contributed by atoms with Crippen molar-refractivity contribution in [2.75, 3.05) is 5.32 Å².